The molecule has 3 amide bonds. The first-order valence-electron chi connectivity index (χ1n) is 19.3. The lowest BCUT2D eigenvalue weighted by atomic mass is 9.97. The molecule has 288 valence electrons. The van der Waals surface area contributed by atoms with Gasteiger partial charge in [0.25, 0.3) is 0 Å². The summed E-state index contributed by atoms with van der Waals surface area (Å²) < 4.78 is 17.7. The number of amides is 3. The van der Waals surface area contributed by atoms with E-state index in [0.29, 0.717) is 36.0 Å². The van der Waals surface area contributed by atoms with Gasteiger partial charge in [0.05, 0.1) is 24.5 Å². The summed E-state index contributed by atoms with van der Waals surface area (Å²) in [5.74, 6) is -0.336. The van der Waals surface area contributed by atoms with Gasteiger partial charge in [0.1, 0.15) is 29.3 Å². The van der Waals surface area contributed by atoms with Crippen LogP contribution in [0.25, 0.3) is 10.8 Å². The van der Waals surface area contributed by atoms with Crippen molar-refractivity contribution in [2.45, 2.75) is 147 Å². The fourth-order valence-corrected chi connectivity index (χ4v) is 8.32. The second-order valence-electron chi connectivity index (χ2n) is 16.0. The summed E-state index contributed by atoms with van der Waals surface area (Å²) in [4.78, 5) is 71.3. The molecule has 0 bridgehead atoms. The van der Waals surface area contributed by atoms with Crippen molar-refractivity contribution in [1.29, 1.82) is 0 Å². The minimum Gasteiger partial charge on any atom is -0.472 e. The average Bonchev–Trinajstić information content (AvgIpc) is 3.40. The van der Waals surface area contributed by atoms with Crippen LogP contribution in [0.15, 0.2) is 17.5 Å². The molecule has 1 saturated carbocycles. The number of allylic oxidation sites excluding steroid dienone is 1. The lowest BCUT2D eigenvalue weighted by molar-refractivity contribution is -0.150. The van der Waals surface area contributed by atoms with Crippen LogP contribution in [0.4, 0.5) is 4.79 Å². The molecule has 2 aromatic heterocycles. The van der Waals surface area contributed by atoms with Gasteiger partial charge in [-0.3, -0.25) is 9.59 Å². The minimum atomic E-state index is -1.20. The molecule has 2 aliphatic carbocycles. The van der Waals surface area contributed by atoms with Crippen LogP contribution < -0.4 is 15.4 Å². The second-order valence-corrected chi connectivity index (χ2v) is 16.8. The van der Waals surface area contributed by atoms with Gasteiger partial charge in [0, 0.05) is 23.3 Å². The fraction of sp³-hybridized carbons (Fsp3) is 0.667. The Hall–Kier alpha value is -4.07. The molecule has 53 heavy (non-hydrogen) atoms. The third-order valence-electron chi connectivity index (χ3n) is 10.3. The monoisotopic (exact) mass is 750 g/mol. The van der Waals surface area contributed by atoms with E-state index in [1.54, 1.807) is 27.7 Å². The number of nitrogens with zero attached hydrogens (tertiary/aromatic N) is 4. The highest BCUT2D eigenvalue weighted by Crippen LogP contribution is 2.46. The van der Waals surface area contributed by atoms with Gasteiger partial charge < -0.3 is 29.7 Å². The summed E-state index contributed by atoms with van der Waals surface area (Å²) in [7, 11) is 0. The summed E-state index contributed by atoms with van der Waals surface area (Å²) in [5.41, 5.74) is 0.891. The molecule has 0 unspecified atom stereocenters. The van der Waals surface area contributed by atoms with Crippen LogP contribution in [0.3, 0.4) is 0 Å². The Bertz CT molecular complexity index is 1720. The zero-order valence-electron chi connectivity index (χ0n) is 31.9. The van der Waals surface area contributed by atoms with Crippen LogP contribution in [-0.4, -0.2) is 86.2 Å². The summed E-state index contributed by atoms with van der Waals surface area (Å²) in [6, 6.07) is -1.90. The summed E-state index contributed by atoms with van der Waals surface area (Å²) >= 11 is 1.50. The molecule has 13 nitrogen and oxygen atoms in total. The second kappa shape index (κ2) is 16.1. The normalized spacial score (nSPS) is 27.0. The Morgan fingerprint density at radius 2 is 1.89 bits per heavy atom. The molecule has 1 saturated heterocycles. The van der Waals surface area contributed by atoms with Crippen LogP contribution >= 0.6 is 11.3 Å². The molecular weight excluding hydrogens is 697 g/mol. The first kappa shape index (κ1) is 38.6. The number of aryl methyl sites for hydroxylation is 1. The highest BCUT2D eigenvalue weighted by atomic mass is 32.1. The standard InChI is InChI=1S/C39H54N6O7S/c1-7-50-36(48)39-20-24(39)15-11-9-8-10-12-18-28(42-37(49)52-38(4,5)6)35(47)45-21-25(19-30(45)32(46)44-39)51-33-26-16-13-14-17-27(26)40-31(43-33)34-41-29(22-53-34)23(2)3/h11,15,22-25,28,30H,7-10,12-14,16-21H2,1-6H3,(H,42,49)(H,44,46)/b15-11-/t24-,25-,28+,30+,39-/m1/s1. The Morgan fingerprint density at radius 3 is 2.62 bits per heavy atom. The van der Waals surface area contributed by atoms with Crippen LogP contribution in [0.1, 0.15) is 122 Å². The largest absolute Gasteiger partial charge is 0.472 e. The first-order valence-corrected chi connectivity index (χ1v) is 20.1. The number of rotatable bonds is 7. The van der Waals surface area contributed by atoms with Crippen molar-refractivity contribution >= 4 is 35.2 Å². The molecule has 6 rings (SSSR count). The van der Waals surface area contributed by atoms with Gasteiger partial charge in [0.2, 0.25) is 17.7 Å². The van der Waals surface area contributed by atoms with Crippen molar-refractivity contribution in [3.63, 3.8) is 0 Å². The van der Waals surface area contributed by atoms with Gasteiger partial charge in [-0.05, 0) is 85.0 Å². The number of aromatic nitrogens is 3. The maximum atomic E-state index is 14.5. The van der Waals surface area contributed by atoms with Crippen LogP contribution in [0.5, 0.6) is 5.88 Å². The lowest BCUT2D eigenvalue weighted by Gasteiger charge is -2.30. The fourth-order valence-electron chi connectivity index (χ4n) is 7.41. The maximum absolute atomic E-state index is 14.5. The summed E-state index contributed by atoms with van der Waals surface area (Å²) in [6.07, 6.45) is 10.5. The van der Waals surface area contributed by atoms with Crippen molar-refractivity contribution < 1.29 is 33.4 Å². The van der Waals surface area contributed by atoms with Crippen LogP contribution in [-0.2, 0) is 36.7 Å². The molecule has 4 aliphatic rings. The van der Waals surface area contributed by atoms with E-state index in [0.717, 1.165) is 61.9 Å². The SMILES string of the molecule is CCOC(=O)[C@@]12C[C@H]1/C=C\CCCCC[C@H](NC(=O)OC(C)(C)C)C(=O)N1C[C@H](Oc3nc(-c4nc(C(C)C)cs4)nc4c3CCCC4)C[C@H]1C(=O)N2. The van der Waals surface area contributed by atoms with E-state index in [2.05, 4.69) is 30.6 Å². The average molecular weight is 751 g/mol. The maximum Gasteiger partial charge on any atom is 0.408 e. The topological polar surface area (TPSA) is 162 Å². The molecule has 0 aromatic carbocycles. The number of ether oxygens (including phenoxy) is 3. The molecule has 2 N–H and O–H groups in total. The number of carbonyl (C=O) groups is 4. The number of thiazole rings is 1. The van der Waals surface area contributed by atoms with E-state index in [1.165, 1.54) is 16.2 Å². The third kappa shape index (κ3) is 9.01. The van der Waals surface area contributed by atoms with Gasteiger partial charge in [-0.2, -0.15) is 4.98 Å². The lowest BCUT2D eigenvalue weighted by Crippen LogP contribution is -2.56. The van der Waals surface area contributed by atoms with Gasteiger partial charge >= 0.3 is 12.1 Å². The van der Waals surface area contributed by atoms with Crippen molar-refractivity contribution in [1.82, 2.24) is 30.5 Å². The smallest absolute Gasteiger partial charge is 0.408 e. The predicted octanol–water partition coefficient (Wildman–Crippen LogP) is 5.80. The molecular formula is C39H54N6O7S. The Morgan fingerprint density at radius 1 is 1.09 bits per heavy atom. The summed E-state index contributed by atoms with van der Waals surface area (Å²) in [6.45, 7) is 11.5. The van der Waals surface area contributed by atoms with E-state index in [1.807, 2.05) is 11.5 Å². The minimum absolute atomic E-state index is 0.0853. The quantitative estimate of drug-likeness (QED) is 0.261. The van der Waals surface area contributed by atoms with Crippen molar-refractivity contribution in [2.75, 3.05) is 13.2 Å². The van der Waals surface area contributed by atoms with E-state index in [9.17, 15) is 19.2 Å². The van der Waals surface area contributed by atoms with E-state index in [4.69, 9.17) is 29.2 Å². The number of hydrogen-bond acceptors (Lipinski definition) is 11. The molecule has 2 fully saturated rings. The number of carbonyl (C=O) groups excluding carboxylic acids is 4. The summed E-state index contributed by atoms with van der Waals surface area (Å²) in [5, 5.41) is 8.57. The number of esters is 1. The van der Waals surface area contributed by atoms with Crippen molar-refractivity contribution in [3.8, 4) is 16.7 Å². The zero-order valence-corrected chi connectivity index (χ0v) is 32.7. The van der Waals surface area contributed by atoms with E-state index in [-0.39, 0.29) is 31.4 Å². The zero-order chi connectivity index (χ0) is 37.9. The number of fused-ring (bicyclic) bond motifs is 3. The van der Waals surface area contributed by atoms with Crippen molar-refractivity contribution in [2.24, 2.45) is 5.92 Å². The Kier molecular flexibility index (Phi) is 11.8. The number of hydrogen-bond donors (Lipinski definition) is 2. The highest BCUT2D eigenvalue weighted by Gasteiger charge is 2.62. The molecule has 4 heterocycles. The molecule has 14 heteroatoms. The van der Waals surface area contributed by atoms with Gasteiger partial charge in [-0.25, -0.2) is 19.6 Å². The molecule has 2 aliphatic heterocycles. The molecule has 5 atom stereocenters. The molecule has 2 aromatic rings. The first-order chi connectivity index (χ1) is 25.3. The Balaban J connectivity index is 1.32. The van der Waals surface area contributed by atoms with E-state index < -0.39 is 53.2 Å². The van der Waals surface area contributed by atoms with Crippen LogP contribution in [0.2, 0.25) is 0 Å². The Labute approximate surface area is 316 Å². The highest BCUT2D eigenvalue weighted by molar-refractivity contribution is 7.13. The predicted molar refractivity (Wildman–Crippen MR) is 199 cm³/mol. The third-order valence-corrected chi connectivity index (χ3v) is 11.2. The van der Waals surface area contributed by atoms with Crippen LogP contribution in [0, 0.1) is 5.92 Å². The van der Waals surface area contributed by atoms with E-state index >= 15 is 0 Å². The van der Waals surface area contributed by atoms with Gasteiger partial charge in [0.15, 0.2) is 10.8 Å². The van der Waals surface area contributed by atoms with Gasteiger partial charge in [-0.1, -0.05) is 38.8 Å². The number of alkyl carbamates (subject to hydrolysis) is 1. The number of nitrogens with one attached hydrogen (secondary N) is 2. The van der Waals surface area contributed by atoms with Gasteiger partial charge in [-0.15, -0.1) is 11.3 Å². The molecule has 0 radical (unpaired) electrons. The van der Waals surface area contributed by atoms with Crippen molar-refractivity contribution in [3.05, 3.63) is 34.5 Å². The molecule has 0 spiro atoms.